The Morgan fingerprint density at radius 3 is 2.65 bits per heavy atom. The lowest BCUT2D eigenvalue weighted by Gasteiger charge is -2.15. The van der Waals surface area contributed by atoms with Crippen LogP contribution in [-0.2, 0) is 11.3 Å². The lowest BCUT2D eigenvalue weighted by Crippen LogP contribution is -2.24. The summed E-state index contributed by atoms with van der Waals surface area (Å²) in [4.78, 5) is 23.5. The average Bonchev–Trinajstić information content (AvgIpc) is 3.10. The molecule has 0 aliphatic carbocycles. The molecule has 0 radical (unpaired) electrons. The van der Waals surface area contributed by atoms with Crippen molar-refractivity contribution in [1.82, 2.24) is 9.78 Å². The van der Waals surface area contributed by atoms with Gasteiger partial charge in [0.25, 0.3) is 5.69 Å². The first-order valence-corrected chi connectivity index (χ1v) is 10.0. The predicted octanol–water partition coefficient (Wildman–Crippen LogP) is 5.44. The average molecular weight is 443 g/mol. The predicted molar refractivity (Wildman–Crippen MR) is 119 cm³/mol. The van der Waals surface area contributed by atoms with E-state index in [2.05, 4.69) is 10.4 Å². The van der Waals surface area contributed by atoms with Crippen molar-refractivity contribution in [3.8, 4) is 11.5 Å². The Labute approximate surface area is 184 Å². The Kier molecular flexibility index (Phi) is 6.60. The number of aryl methyl sites for hydroxylation is 2. The van der Waals surface area contributed by atoms with Crippen LogP contribution < -0.4 is 10.1 Å². The summed E-state index contributed by atoms with van der Waals surface area (Å²) < 4.78 is 7.53. The summed E-state index contributed by atoms with van der Waals surface area (Å²) in [6.07, 6.45) is 3.11. The molecule has 31 heavy (non-hydrogen) atoms. The lowest BCUT2D eigenvalue weighted by molar-refractivity contribution is -0.384. The first kappa shape index (κ1) is 22.3. The third-order valence-electron chi connectivity index (χ3n) is 4.87. The first-order chi connectivity index (χ1) is 14.6. The number of carbonyl (C=O) groups is 1. The Morgan fingerprint density at radius 2 is 2.00 bits per heavy atom. The second kappa shape index (κ2) is 9.18. The van der Waals surface area contributed by atoms with E-state index in [0.717, 1.165) is 16.7 Å². The van der Waals surface area contributed by atoms with Crippen LogP contribution in [0.5, 0.6) is 11.5 Å². The summed E-state index contributed by atoms with van der Waals surface area (Å²) in [5.41, 5.74) is 3.11. The zero-order chi connectivity index (χ0) is 22.7. The van der Waals surface area contributed by atoms with Gasteiger partial charge in [-0.25, -0.2) is 0 Å². The van der Waals surface area contributed by atoms with Crippen molar-refractivity contribution in [2.75, 3.05) is 5.32 Å². The van der Waals surface area contributed by atoms with E-state index in [-0.39, 0.29) is 23.0 Å². The van der Waals surface area contributed by atoms with Gasteiger partial charge in [-0.05, 0) is 43.5 Å². The molecule has 2 aromatic carbocycles. The minimum Gasteiger partial charge on any atom is -0.457 e. The highest BCUT2D eigenvalue weighted by Gasteiger charge is 2.18. The second-order valence-corrected chi connectivity index (χ2v) is 7.99. The zero-order valence-electron chi connectivity index (χ0n) is 17.7. The Balaban J connectivity index is 1.83. The number of ether oxygens (including phenoxy) is 1. The first-order valence-electron chi connectivity index (χ1n) is 9.66. The summed E-state index contributed by atoms with van der Waals surface area (Å²) in [6, 6.07) is 8.12. The van der Waals surface area contributed by atoms with Crippen LogP contribution in [-0.4, -0.2) is 20.6 Å². The molecule has 162 valence electrons. The monoisotopic (exact) mass is 442 g/mol. The molecular formula is C22H23ClN4O4. The fourth-order valence-electron chi connectivity index (χ4n) is 3.12. The molecule has 1 atom stereocenters. The number of nitrogens with zero attached hydrogens (tertiary/aromatic N) is 3. The van der Waals surface area contributed by atoms with Crippen LogP contribution in [0.1, 0.15) is 23.6 Å². The van der Waals surface area contributed by atoms with Crippen molar-refractivity contribution < 1.29 is 14.5 Å². The Hall–Kier alpha value is -3.39. The van der Waals surface area contributed by atoms with Crippen molar-refractivity contribution in [1.29, 1.82) is 0 Å². The number of anilines is 1. The molecule has 1 heterocycles. The third-order valence-corrected chi connectivity index (χ3v) is 5.07. The molecule has 1 aromatic heterocycles. The smallest absolute Gasteiger partial charge is 0.275 e. The van der Waals surface area contributed by atoms with E-state index in [0.29, 0.717) is 17.3 Å². The number of amides is 1. The van der Waals surface area contributed by atoms with E-state index in [9.17, 15) is 14.9 Å². The minimum atomic E-state index is -0.522. The van der Waals surface area contributed by atoms with Crippen LogP contribution in [0.25, 0.3) is 0 Å². The fourth-order valence-corrected chi connectivity index (χ4v) is 3.28. The van der Waals surface area contributed by atoms with Crippen molar-refractivity contribution in [3.05, 3.63) is 74.6 Å². The molecule has 1 N–H and O–H groups in total. The molecule has 0 saturated heterocycles. The number of hydrogen-bond donors (Lipinski definition) is 1. The Morgan fingerprint density at radius 1 is 1.26 bits per heavy atom. The Bertz CT molecular complexity index is 1140. The molecule has 3 aromatic rings. The van der Waals surface area contributed by atoms with Gasteiger partial charge in [0.2, 0.25) is 5.91 Å². The van der Waals surface area contributed by atoms with E-state index >= 15 is 0 Å². The van der Waals surface area contributed by atoms with E-state index in [1.54, 1.807) is 23.9 Å². The topological polar surface area (TPSA) is 99.3 Å². The van der Waals surface area contributed by atoms with Crippen LogP contribution in [0, 0.1) is 36.8 Å². The summed E-state index contributed by atoms with van der Waals surface area (Å²) in [5, 5.41) is 18.7. The number of carbonyl (C=O) groups excluding carboxylic acids is 1. The maximum atomic E-state index is 12.6. The number of rotatable bonds is 7. The summed E-state index contributed by atoms with van der Waals surface area (Å²) in [5.74, 6) is 0.130. The van der Waals surface area contributed by atoms with E-state index in [4.69, 9.17) is 16.3 Å². The molecule has 0 unspecified atom stereocenters. The maximum absolute atomic E-state index is 12.6. The van der Waals surface area contributed by atoms with Gasteiger partial charge in [0, 0.05) is 18.3 Å². The molecule has 0 aliphatic rings. The van der Waals surface area contributed by atoms with Crippen LogP contribution in [0.2, 0.25) is 5.02 Å². The molecule has 0 aliphatic heterocycles. The quantitative estimate of drug-likeness (QED) is 0.388. The van der Waals surface area contributed by atoms with Crippen molar-refractivity contribution >= 4 is 28.9 Å². The molecule has 0 spiro atoms. The molecule has 8 nitrogen and oxygen atoms in total. The SMILES string of the molecule is Cc1cc(C)c(C)c(Oc2cc(NC(=O)[C@H](C)Cn3cc(Cl)cn3)cc([N+](=O)[O-])c2)c1. The highest BCUT2D eigenvalue weighted by molar-refractivity contribution is 6.30. The van der Waals surface area contributed by atoms with Crippen LogP contribution in [0.3, 0.4) is 0 Å². The molecule has 9 heteroatoms. The highest BCUT2D eigenvalue weighted by atomic mass is 35.5. The number of nitro benzene ring substituents is 1. The van der Waals surface area contributed by atoms with E-state index in [1.165, 1.54) is 18.3 Å². The minimum absolute atomic E-state index is 0.179. The van der Waals surface area contributed by atoms with Crippen LogP contribution in [0.4, 0.5) is 11.4 Å². The van der Waals surface area contributed by atoms with E-state index < -0.39 is 10.8 Å². The number of aromatic nitrogens is 2. The number of benzene rings is 2. The molecule has 0 saturated carbocycles. The van der Waals surface area contributed by atoms with Crippen molar-refractivity contribution in [2.45, 2.75) is 34.2 Å². The number of halogens is 1. The van der Waals surface area contributed by atoms with Gasteiger partial charge in [-0.3, -0.25) is 19.6 Å². The van der Waals surface area contributed by atoms with Gasteiger partial charge in [0.05, 0.1) is 40.4 Å². The number of nitrogens with one attached hydrogen (secondary N) is 1. The molecule has 3 rings (SSSR count). The van der Waals surface area contributed by atoms with Crippen molar-refractivity contribution in [2.24, 2.45) is 5.92 Å². The van der Waals surface area contributed by atoms with Gasteiger partial charge < -0.3 is 10.1 Å². The van der Waals surface area contributed by atoms with Gasteiger partial charge in [-0.1, -0.05) is 24.6 Å². The van der Waals surface area contributed by atoms with Gasteiger partial charge in [-0.2, -0.15) is 5.10 Å². The standard InChI is InChI=1S/C22H23ClN4O4/c1-13-5-14(2)16(4)21(6-13)31-20-8-18(7-19(9-20)27(29)30)25-22(28)15(3)11-26-12-17(23)10-24-26/h5-10,12,15H,11H2,1-4H3,(H,25,28)/t15-/m1/s1. The third kappa shape index (κ3) is 5.61. The molecule has 1 amide bonds. The van der Waals surface area contributed by atoms with Crippen LogP contribution in [0.15, 0.2) is 42.7 Å². The van der Waals surface area contributed by atoms with Gasteiger partial charge in [-0.15, -0.1) is 0 Å². The van der Waals surface area contributed by atoms with Gasteiger partial charge in [0.1, 0.15) is 11.5 Å². The second-order valence-electron chi connectivity index (χ2n) is 7.55. The highest BCUT2D eigenvalue weighted by Crippen LogP contribution is 2.33. The molecule has 0 bridgehead atoms. The largest absolute Gasteiger partial charge is 0.457 e. The fraction of sp³-hybridized carbons (Fsp3) is 0.273. The van der Waals surface area contributed by atoms with E-state index in [1.807, 2.05) is 32.9 Å². The number of nitro groups is 1. The summed E-state index contributed by atoms with van der Waals surface area (Å²) in [6.45, 7) is 7.90. The number of non-ortho nitro benzene ring substituents is 1. The zero-order valence-corrected chi connectivity index (χ0v) is 18.4. The molecule has 0 fully saturated rings. The van der Waals surface area contributed by atoms with Crippen LogP contribution >= 0.6 is 11.6 Å². The summed E-state index contributed by atoms with van der Waals surface area (Å²) >= 11 is 5.85. The molecular weight excluding hydrogens is 420 g/mol. The number of hydrogen-bond acceptors (Lipinski definition) is 5. The normalized spacial score (nSPS) is 11.8. The lowest BCUT2D eigenvalue weighted by atomic mass is 10.1. The van der Waals surface area contributed by atoms with Gasteiger partial charge in [0.15, 0.2) is 0 Å². The summed E-state index contributed by atoms with van der Waals surface area (Å²) in [7, 11) is 0. The van der Waals surface area contributed by atoms with Gasteiger partial charge >= 0.3 is 0 Å². The maximum Gasteiger partial charge on any atom is 0.275 e. The van der Waals surface area contributed by atoms with Crippen molar-refractivity contribution in [3.63, 3.8) is 0 Å².